The zero-order valence-electron chi connectivity index (χ0n) is 13.1. The van der Waals surface area contributed by atoms with E-state index in [0.29, 0.717) is 10.4 Å². The normalized spacial score (nSPS) is 11.8. The van der Waals surface area contributed by atoms with Crippen molar-refractivity contribution in [2.24, 2.45) is 0 Å². The van der Waals surface area contributed by atoms with Crippen LogP contribution < -0.4 is 4.72 Å². The predicted octanol–water partition coefficient (Wildman–Crippen LogP) is 4.13. The summed E-state index contributed by atoms with van der Waals surface area (Å²) in [6.07, 6.45) is 1.54. The van der Waals surface area contributed by atoms with Crippen molar-refractivity contribution in [1.29, 1.82) is 0 Å². The van der Waals surface area contributed by atoms with Crippen LogP contribution in [0, 0.1) is 0 Å². The lowest BCUT2D eigenvalue weighted by Crippen LogP contribution is -2.19. The monoisotopic (exact) mass is 389 g/mol. The second-order valence-electron chi connectivity index (χ2n) is 5.19. The van der Waals surface area contributed by atoms with Crippen LogP contribution in [-0.2, 0) is 16.6 Å². The summed E-state index contributed by atoms with van der Waals surface area (Å²) in [7, 11) is -3.54. The summed E-state index contributed by atoms with van der Waals surface area (Å²) in [5.41, 5.74) is 1.47. The molecule has 0 atom stereocenters. The number of ketones is 1. The van der Waals surface area contributed by atoms with Crippen molar-refractivity contribution in [1.82, 2.24) is 4.72 Å². The van der Waals surface area contributed by atoms with Gasteiger partial charge < -0.3 is 0 Å². The van der Waals surface area contributed by atoms with E-state index in [9.17, 15) is 13.2 Å². The maximum atomic E-state index is 12.2. The third-order valence-electron chi connectivity index (χ3n) is 3.36. The van der Waals surface area contributed by atoms with E-state index < -0.39 is 10.0 Å². The number of hydrogen-bond donors (Lipinski definition) is 1. The summed E-state index contributed by atoms with van der Waals surface area (Å²) >= 11 is 2.77. The average Bonchev–Trinajstić information content (AvgIpc) is 3.31. The van der Waals surface area contributed by atoms with E-state index in [0.717, 1.165) is 15.8 Å². The lowest BCUT2D eigenvalue weighted by atomic mass is 10.2. The minimum atomic E-state index is -3.54. The molecule has 0 aliphatic rings. The SMILES string of the molecule is O=C(c1ccsc1)c1ccc(CNS(=O)(=O)/C=C/c2ccccc2)s1. The van der Waals surface area contributed by atoms with Crippen LogP contribution in [-0.4, -0.2) is 14.2 Å². The van der Waals surface area contributed by atoms with Crippen LogP contribution in [0.25, 0.3) is 6.08 Å². The zero-order chi connectivity index (χ0) is 17.7. The van der Waals surface area contributed by atoms with E-state index in [1.807, 2.05) is 35.7 Å². The van der Waals surface area contributed by atoms with Gasteiger partial charge in [0, 0.05) is 27.8 Å². The van der Waals surface area contributed by atoms with Gasteiger partial charge in [-0.15, -0.1) is 11.3 Å². The van der Waals surface area contributed by atoms with Crippen molar-refractivity contribution in [2.75, 3.05) is 0 Å². The molecule has 4 nitrogen and oxygen atoms in total. The Morgan fingerprint density at radius 3 is 2.60 bits per heavy atom. The van der Waals surface area contributed by atoms with Gasteiger partial charge in [0.25, 0.3) is 0 Å². The first kappa shape index (κ1) is 17.8. The fraction of sp³-hybridized carbons (Fsp3) is 0.0556. The van der Waals surface area contributed by atoms with Gasteiger partial charge in [-0.05, 0) is 35.2 Å². The molecule has 2 heterocycles. The van der Waals surface area contributed by atoms with Crippen LogP contribution in [0.3, 0.4) is 0 Å². The Labute approximate surface area is 154 Å². The number of carbonyl (C=O) groups is 1. The number of benzene rings is 1. The minimum absolute atomic E-state index is 0.0377. The Morgan fingerprint density at radius 1 is 1.08 bits per heavy atom. The first-order valence-corrected chi connectivity index (χ1v) is 10.7. The fourth-order valence-corrected chi connectivity index (χ4v) is 4.51. The van der Waals surface area contributed by atoms with Crippen LogP contribution in [0.15, 0.2) is 64.7 Å². The second kappa shape index (κ2) is 7.88. The van der Waals surface area contributed by atoms with E-state index >= 15 is 0 Å². The van der Waals surface area contributed by atoms with Crippen LogP contribution in [0.1, 0.15) is 25.7 Å². The first-order valence-electron chi connectivity index (χ1n) is 7.42. The van der Waals surface area contributed by atoms with Crippen molar-refractivity contribution >= 4 is 44.6 Å². The van der Waals surface area contributed by atoms with Gasteiger partial charge in [-0.3, -0.25) is 4.79 Å². The molecule has 3 rings (SSSR count). The Bertz CT molecular complexity index is 972. The molecule has 0 unspecified atom stereocenters. The number of carbonyl (C=O) groups excluding carboxylic acids is 1. The third kappa shape index (κ3) is 4.96. The van der Waals surface area contributed by atoms with Crippen LogP contribution >= 0.6 is 22.7 Å². The van der Waals surface area contributed by atoms with Crippen molar-refractivity contribution < 1.29 is 13.2 Å². The van der Waals surface area contributed by atoms with Gasteiger partial charge in [-0.25, -0.2) is 13.1 Å². The highest BCUT2D eigenvalue weighted by atomic mass is 32.2. The van der Waals surface area contributed by atoms with E-state index in [1.54, 1.807) is 29.7 Å². The summed E-state index contributed by atoms with van der Waals surface area (Å²) in [5.74, 6) is -0.0377. The molecular weight excluding hydrogens is 374 g/mol. The molecule has 0 saturated heterocycles. The lowest BCUT2D eigenvalue weighted by molar-refractivity contribution is 0.104. The molecular formula is C18H15NO3S3. The van der Waals surface area contributed by atoms with Crippen molar-refractivity contribution in [3.63, 3.8) is 0 Å². The fourth-order valence-electron chi connectivity index (χ4n) is 2.08. The Kier molecular flexibility index (Phi) is 5.60. The molecule has 0 aliphatic heterocycles. The molecule has 128 valence electrons. The molecule has 0 spiro atoms. The van der Waals surface area contributed by atoms with Crippen molar-refractivity contribution in [2.45, 2.75) is 6.54 Å². The van der Waals surface area contributed by atoms with Crippen LogP contribution in [0.5, 0.6) is 0 Å². The van der Waals surface area contributed by atoms with Crippen molar-refractivity contribution in [3.05, 3.63) is 85.6 Å². The summed E-state index contributed by atoms with van der Waals surface area (Å²) in [4.78, 5) is 13.6. The number of sulfonamides is 1. The highest BCUT2D eigenvalue weighted by Gasteiger charge is 2.13. The Balaban J connectivity index is 1.62. The molecule has 0 saturated carbocycles. The van der Waals surface area contributed by atoms with Crippen molar-refractivity contribution in [3.8, 4) is 0 Å². The van der Waals surface area contributed by atoms with Crippen LogP contribution in [0.4, 0.5) is 0 Å². The Morgan fingerprint density at radius 2 is 1.88 bits per heavy atom. The quantitative estimate of drug-likeness (QED) is 0.618. The highest BCUT2D eigenvalue weighted by molar-refractivity contribution is 7.92. The first-order chi connectivity index (χ1) is 12.0. The van der Waals surface area contributed by atoms with Gasteiger partial charge in [0.15, 0.2) is 0 Å². The summed E-state index contributed by atoms with van der Waals surface area (Å²) < 4.78 is 26.6. The molecule has 0 bridgehead atoms. The Hall–Kier alpha value is -2.06. The highest BCUT2D eigenvalue weighted by Crippen LogP contribution is 2.21. The van der Waals surface area contributed by atoms with Gasteiger partial charge in [-0.1, -0.05) is 30.3 Å². The van der Waals surface area contributed by atoms with Gasteiger partial charge in [0.05, 0.1) is 4.88 Å². The number of hydrogen-bond acceptors (Lipinski definition) is 5. The molecule has 0 radical (unpaired) electrons. The van der Waals surface area contributed by atoms with Gasteiger partial charge >= 0.3 is 0 Å². The molecule has 2 aromatic heterocycles. The number of thiophene rings is 2. The third-order valence-corrected chi connectivity index (χ3v) is 6.16. The zero-order valence-corrected chi connectivity index (χ0v) is 15.5. The molecule has 1 aromatic carbocycles. The minimum Gasteiger partial charge on any atom is -0.288 e. The molecule has 0 fully saturated rings. The summed E-state index contributed by atoms with van der Waals surface area (Å²) in [6, 6.07) is 14.5. The number of rotatable bonds is 7. The molecule has 7 heteroatoms. The molecule has 25 heavy (non-hydrogen) atoms. The standard InChI is InChI=1S/C18H15NO3S3/c20-18(15-8-10-23-13-15)17-7-6-16(24-17)12-19-25(21,22)11-9-14-4-2-1-3-5-14/h1-11,13,19H,12H2/b11-9+. The van der Waals surface area contributed by atoms with Gasteiger partial charge in [0.2, 0.25) is 15.8 Å². The van der Waals surface area contributed by atoms with Gasteiger partial charge in [0.1, 0.15) is 0 Å². The topological polar surface area (TPSA) is 63.2 Å². The smallest absolute Gasteiger partial charge is 0.234 e. The summed E-state index contributed by atoms with van der Waals surface area (Å²) in [6.45, 7) is 0.156. The largest absolute Gasteiger partial charge is 0.288 e. The number of nitrogens with one attached hydrogen (secondary N) is 1. The summed E-state index contributed by atoms with van der Waals surface area (Å²) in [5, 5.41) is 4.81. The van der Waals surface area contributed by atoms with E-state index in [2.05, 4.69) is 4.72 Å². The lowest BCUT2D eigenvalue weighted by Gasteiger charge is -2.00. The van der Waals surface area contributed by atoms with Gasteiger partial charge in [-0.2, -0.15) is 11.3 Å². The molecule has 3 aromatic rings. The van der Waals surface area contributed by atoms with E-state index in [1.165, 1.54) is 22.7 Å². The maximum absolute atomic E-state index is 12.2. The average molecular weight is 390 g/mol. The molecule has 0 amide bonds. The van der Waals surface area contributed by atoms with Crippen LogP contribution in [0.2, 0.25) is 0 Å². The van der Waals surface area contributed by atoms with E-state index in [4.69, 9.17) is 0 Å². The predicted molar refractivity (Wildman–Crippen MR) is 103 cm³/mol. The van der Waals surface area contributed by atoms with E-state index in [-0.39, 0.29) is 12.3 Å². The molecule has 0 aliphatic carbocycles. The maximum Gasteiger partial charge on any atom is 0.234 e. The second-order valence-corrected chi connectivity index (χ2v) is 8.79. The molecule has 1 N–H and O–H groups in total.